The van der Waals surface area contributed by atoms with Crippen LogP contribution in [0.5, 0.6) is 11.5 Å². The molecule has 28 heavy (non-hydrogen) atoms. The molecule has 0 radical (unpaired) electrons. The highest BCUT2D eigenvalue weighted by atomic mass is 16.5. The molecule has 0 aliphatic heterocycles. The lowest BCUT2D eigenvalue weighted by atomic mass is 10.0. The summed E-state index contributed by atoms with van der Waals surface area (Å²) in [4.78, 5) is 0. The third-order valence-electron chi connectivity index (χ3n) is 4.69. The van der Waals surface area contributed by atoms with Crippen molar-refractivity contribution in [2.45, 2.75) is 32.9 Å². The van der Waals surface area contributed by atoms with Crippen LogP contribution in [0.4, 0.5) is 0 Å². The van der Waals surface area contributed by atoms with E-state index in [1.54, 1.807) is 0 Å². The number of para-hydroxylation sites is 1. The summed E-state index contributed by atoms with van der Waals surface area (Å²) < 4.78 is 11.4. The van der Waals surface area contributed by atoms with E-state index in [-0.39, 0.29) is 0 Å². The van der Waals surface area contributed by atoms with Crippen LogP contribution in [-0.4, -0.2) is 13.2 Å². The SMILES string of the molecule is CCC(NCc1cccc(C)c1)c1ccc(OCCOc2ccccc2)cc1. The predicted molar refractivity (Wildman–Crippen MR) is 115 cm³/mol. The van der Waals surface area contributed by atoms with Gasteiger partial charge in [0.2, 0.25) is 0 Å². The predicted octanol–water partition coefficient (Wildman–Crippen LogP) is 5.69. The van der Waals surface area contributed by atoms with Crippen molar-refractivity contribution in [1.29, 1.82) is 0 Å². The quantitative estimate of drug-likeness (QED) is 0.462. The molecule has 0 amide bonds. The maximum Gasteiger partial charge on any atom is 0.122 e. The lowest BCUT2D eigenvalue weighted by molar-refractivity contribution is 0.217. The van der Waals surface area contributed by atoms with Gasteiger partial charge in [0.1, 0.15) is 24.7 Å². The molecule has 1 N–H and O–H groups in total. The molecule has 3 aromatic carbocycles. The van der Waals surface area contributed by atoms with Gasteiger partial charge in [-0.05, 0) is 48.7 Å². The van der Waals surface area contributed by atoms with E-state index in [9.17, 15) is 0 Å². The van der Waals surface area contributed by atoms with Gasteiger partial charge in [-0.15, -0.1) is 0 Å². The normalized spacial score (nSPS) is 11.8. The molecule has 0 aliphatic rings. The van der Waals surface area contributed by atoms with Crippen molar-refractivity contribution < 1.29 is 9.47 Å². The second kappa shape index (κ2) is 10.5. The molecule has 3 aromatic rings. The third-order valence-corrected chi connectivity index (χ3v) is 4.69. The van der Waals surface area contributed by atoms with Gasteiger partial charge in [-0.1, -0.05) is 67.1 Å². The Labute approximate surface area is 168 Å². The molecule has 3 heteroatoms. The first-order valence-electron chi connectivity index (χ1n) is 9.94. The summed E-state index contributed by atoms with van der Waals surface area (Å²) in [7, 11) is 0. The molecule has 0 saturated carbocycles. The van der Waals surface area contributed by atoms with Crippen LogP contribution in [0.15, 0.2) is 78.9 Å². The minimum Gasteiger partial charge on any atom is -0.490 e. The Balaban J connectivity index is 1.46. The average molecular weight is 376 g/mol. The van der Waals surface area contributed by atoms with Gasteiger partial charge in [0.05, 0.1) is 0 Å². The average Bonchev–Trinajstić information content (AvgIpc) is 2.73. The monoisotopic (exact) mass is 375 g/mol. The van der Waals surface area contributed by atoms with Gasteiger partial charge in [0.25, 0.3) is 0 Å². The number of aryl methyl sites for hydroxylation is 1. The van der Waals surface area contributed by atoms with Crippen molar-refractivity contribution >= 4 is 0 Å². The molecular weight excluding hydrogens is 346 g/mol. The van der Waals surface area contributed by atoms with Gasteiger partial charge in [-0.25, -0.2) is 0 Å². The maximum atomic E-state index is 5.79. The second-order valence-corrected chi connectivity index (χ2v) is 6.91. The summed E-state index contributed by atoms with van der Waals surface area (Å²) in [5.74, 6) is 1.74. The van der Waals surface area contributed by atoms with Crippen LogP contribution in [0, 0.1) is 6.92 Å². The Hall–Kier alpha value is -2.78. The molecule has 0 saturated heterocycles. The van der Waals surface area contributed by atoms with Gasteiger partial charge < -0.3 is 14.8 Å². The topological polar surface area (TPSA) is 30.5 Å². The van der Waals surface area contributed by atoms with Gasteiger partial charge in [0.15, 0.2) is 0 Å². The van der Waals surface area contributed by atoms with Crippen LogP contribution in [0.2, 0.25) is 0 Å². The fourth-order valence-corrected chi connectivity index (χ4v) is 3.19. The van der Waals surface area contributed by atoms with Crippen LogP contribution in [0.3, 0.4) is 0 Å². The summed E-state index contributed by atoms with van der Waals surface area (Å²) in [6.45, 7) is 6.26. The Morgan fingerprint density at radius 1 is 0.786 bits per heavy atom. The van der Waals surface area contributed by atoms with Crippen LogP contribution in [0.25, 0.3) is 0 Å². The van der Waals surface area contributed by atoms with Crippen LogP contribution >= 0.6 is 0 Å². The number of nitrogens with one attached hydrogen (secondary N) is 1. The van der Waals surface area contributed by atoms with E-state index < -0.39 is 0 Å². The zero-order valence-corrected chi connectivity index (χ0v) is 16.7. The largest absolute Gasteiger partial charge is 0.490 e. The molecule has 0 bridgehead atoms. The summed E-state index contributed by atoms with van der Waals surface area (Å²) >= 11 is 0. The standard InChI is InChI=1S/C25H29NO2/c1-3-25(26-19-21-9-7-8-20(2)18-21)22-12-14-24(15-13-22)28-17-16-27-23-10-5-4-6-11-23/h4-15,18,25-26H,3,16-17,19H2,1-2H3. The van der Waals surface area contributed by atoms with Crippen molar-refractivity contribution in [3.8, 4) is 11.5 Å². The fraction of sp³-hybridized carbons (Fsp3) is 0.280. The van der Waals surface area contributed by atoms with Gasteiger partial charge in [-0.2, -0.15) is 0 Å². The molecule has 3 rings (SSSR count). The minimum absolute atomic E-state index is 0.330. The van der Waals surface area contributed by atoms with Crippen molar-refractivity contribution in [3.63, 3.8) is 0 Å². The van der Waals surface area contributed by atoms with E-state index >= 15 is 0 Å². The first kappa shape index (κ1) is 20.0. The van der Waals surface area contributed by atoms with Gasteiger partial charge >= 0.3 is 0 Å². The number of ether oxygens (including phenoxy) is 2. The Morgan fingerprint density at radius 3 is 2.11 bits per heavy atom. The van der Waals surface area contributed by atoms with E-state index in [0.29, 0.717) is 19.3 Å². The molecule has 1 unspecified atom stereocenters. The first-order valence-corrected chi connectivity index (χ1v) is 9.94. The second-order valence-electron chi connectivity index (χ2n) is 6.91. The molecule has 0 fully saturated rings. The molecule has 0 heterocycles. The smallest absolute Gasteiger partial charge is 0.122 e. The molecule has 0 aliphatic carbocycles. The molecule has 3 nitrogen and oxygen atoms in total. The zero-order chi connectivity index (χ0) is 19.6. The zero-order valence-electron chi connectivity index (χ0n) is 16.7. The van der Waals surface area contributed by atoms with Gasteiger partial charge in [-0.3, -0.25) is 0 Å². The van der Waals surface area contributed by atoms with E-state index in [1.807, 2.05) is 42.5 Å². The molecule has 0 spiro atoms. The highest BCUT2D eigenvalue weighted by molar-refractivity contribution is 5.29. The van der Waals surface area contributed by atoms with Crippen LogP contribution in [0.1, 0.15) is 36.1 Å². The minimum atomic E-state index is 0.330. The molecular formula is C25H29NO2. The molecule has 0 aromatic heterocycles. The van der Waals surface area contributed by atoms with Crippen molar-refractivity contribution in [3.05, 3.63) is 95.6 Å². The highest BCUT2D eigenvalue weighted by Crippen LogP contribution is 2.21. The van der Waals surface area contributed by atoms with Crippen LogP contribution < -0.4 is 14.8 Å². The number of rotatable bonds is 10. The lowest BCUT2D eigenvalue weighted by Crippen LogP contribution is -2.20. The first-order chi connectivity index (χ1) is 13.7. The Kier molecular flexibility index (Phi) is 7.51. The summed E-state index contributed by atoms with van der Waals surface area (Å²) in [5, 5.41) is 3.66. The van der Waals surface area contributed by atoms with Crippen molar-refractivity contribution in [2.75, 3.05) is 13.2 Å². The molecule has 146 valence electrons. The van der Waals surface area contributed by atoms with E-state index in [4.69, 9.17) is 9.47 Å². The van der Waals surface area contributed by atoms with Crippen molar-refractivity contribution in [1.82, 2.24) is 5.32 Å². The summed E-state index contributed by atoms with van der Waals surface area (Å²) in [5.41, 5.74) is 3.89. The van der Waals surface area contributed by atoms with Gasteiger partial charge in [0, 0.05) is 12.6 Å². The van der Waals surface area contributed by atoms with E-state index in [2.05, 4.69) is 55.6 Å². The van der Waals surface area contributed by atoms with E-state index in [0.717, 1.165) is 24.5 Å². The van der Waals surface area contributed by atoms with Crippen molar-refractivity contribution in [2.24, 2.45) is 0 Å². The Morgan fingerprint density at radius 2 is 1.46 bits per heavy atom. The summed E-state index contributed by atoms with van der Waals surface area (Å²) in [6.07, 6.45) is 1.04. The number of hydrogen-bond acceptors (Lipinski definition) is 3. The van der Waals surface area contributed by atoms with Crippen LogP contribution in [-0.2, 0) is 6.54 Å². The maximum absolute atomic E-state index is 5.79. The summed E-state index contributed by atoms with van der Waals surface area (Å²) in [6, 6.07) is 27.1. The fourth-order valence-electron chi connectivity index (χ4n) is 3.19. The molecule has 1 atom stereocenters. The number of benzene rings is 3. The third kappa shape index (κ3) is 6.14. The Bertz CT molecular complexity index is 831. The number of hydrogen-bond donors (Lipinski definition) is 1. The lowest BCUT2D eigenvalue weighted by Gasteiger charge is -2.18. The highest BCUT2D eigenvalue weighted by Gasteiger charge is 2.09. The van der Waals surface area contributed by atoms with E-state index in [1.165, 1.54) is 16.7 Å².